The van der Waals surface area contributed by atoms with Gasteiger partial charge in [-0.2, -0.15) is 10.5 Å². The van der Waals surface area contributed by atoms with Crippen LogP contribution in [-0.2, 0) is 11.2 Å². The molecule has 0 spiro atoms. The van der Waals surface area contributed by atoms with Gasteiger partial charge in [0.2, 0.25) is 5.91 Å². The molecule has 0 saturated heterocycles. The summed E-state index contributed by atoms with van der Waals surface area (Å²) in [6.07, 6.45) is 4.78. The summed E-state index contributed by atoms with van der Waals surface area (Å²) in [6, 6.07) is 11.5. The van der Waals surface area contributed by atoms with Crippen molar-refractivity contribution in [2.75, 3.05) is 5.32 Å². The molecule has 0 heterocycles. The molecule has 21 heavy (non-hydrogen) atoms. The first-order valence-electron chi connectivity index (χ1n) is 6.86. The topological polar surface area (TPSA) is 88.7 Å². The van der Waals surface area contributed by atoms with Crippen molar-refractivity contribution in [3.63, 3.8) is 0 Å². The Hall–Kier alpha value is -2.79. The van der Waals surface area contributed by atoms with Crippen LogP contribution < -0.4 is 10.6 Å². The standard InChI is InChI=1S/C16H16N4O/c17-9-13(10-18)11-19-14-4-1-12(2-5-14)3-8-16(21)20-15-6-7-15/h1-2,4-5,11,15,19H,3,6-8H2,(H,20,21). The fraction of sp³-hybridized carbons (Fsp3) is 0.312. The normalized spacial score (nSPS) is 12.7. The van der Waals surface area contributed by atoms with Crippen molar-refractivity contribution in [3.05, 3.63) is 41.6 Å². The molecule has 1 aliphatic carbocycles. The van der Waals surface area contributed by atoms with Crippen molar-refractivity contribution in [2.24, 2.45) is 0 Å². The zero-order valence-electron chi connectivity index (χ0n) is 11.6. The van der Waals surface area contributed by atoms with Crippen molar-refractivity contribution in [2.45, 2.75) is 31.7 Å². The van der Waals surface area contributed by atoms with Crippen molar-refractivity contribution < 1.29 is 4.79 Å². The lowest BCUT2D eigenvalue weighted by Crippen LogP contribution is -2.25. The molecule has 1 saturated carbocycles. The van der Waals surface area contributed by atoms with Crippen LogP contribution in [0.3, 0.4) is 0 Å². The number of rotatable bonds is 6. The van der Waals surface area contributed by atoms with Gasteiger partial charge in [0.1, 0.15) is 17.7 Å². The van der Waals surface area contributed by atoms with Crippen LogP contribution in [0.25, 0.3) is 0 Å². The van der Waals surface area contributed by atoms with Crippen LogP contribution in [0.2, 0.25) is 0 Å². The Morgan fingerprint density at radius 2 is 1.90 bits per heavy atom. The van der Waals surface area contributed by atoms with E-state index in [0.717, 1.165) is 24.1 Å². The molecule has 5 nitrogen and oxygen atoms in total. The summed E-state index contributed by atoms with van der Waals surface area (Å²) in [4.78, 5) is 11.6. The first-order valence-corrected chi connectivity index (χ1v) is 6.86. The van der Waals surface area contributed by atoms with Crippen molar-refractivity contribution in [3.8, 4) is 12.1 Å². The second-order valence-corrected chi connectivity index (χ2v) is 4.96. The van der Waals surface area contributed by atoms with Crippen LogP contribution >= 0.6 is 0 Å². The number of nitriles is 2. The first-order chi connectivity index (χ1) is 10.2. The Labute approximate surface area is 123 Å². The summed E-state index contributed by atoms with van der Waals surface area (Å²) >= 11 is 0. The van der Waals surface area contributed by atoms with Crippen LogP contribution in [-0.4, -0.2) is 11.9 Å². The monoisotopic (exact) mass is 280 g/mol. The number of anilines is 1. The van der Waals surface area contributed by atoms with Gasteiger partial charge in [0.05, 0.1) is 0 Å². The minimum Gasteiger partial charge on any atom is -0.360 e. The summed E-state index contributed by atoms with van der Waals surface area (Å²) in [5.74, 6) is 0.107. The predicted molar refractivity (Wildman–Crippen MR) is 78.9 cm³/mol. The van der Waals surface area contributed by atoms with Crippen LogP contribution in [0.4, 0.5) is 5.69 Å². The Bertz CT molecular complexity index is 599. The van der Waals surface area contributed by atoms with Gasteiger partial charge < -0.3 is 10.6 Å². The predicted octanol–water partition coefficient (Wildman–Crippen LogP) is 2.24. The molecule has 2 rings (SSSR count). The molecule has 1 aromatic rings. The van der Waals surface area contributed by atoms with E-state index in [1.165, 1.54) is 6.20 Å². The summed E-state index contributed by atoms with van der Waals surface area (Å²) < 4.78 is 0. The minimum absolute atomic E-state index is 0.0239. The molecule has 1 aromatic carbocycles. The summed E-state index contributed by atoms with van der Waals surface area (Å²) in [5.41, 5.74) is 1.90. The number of amides is 1. The van der Waals surface area contributed by atoms with Gasteiger partial charge in [-0.05, 0) is 37.0 Å². The molecule has 0 unspecified atom stereocenters. The van der Waals surface area contributed by atoms with Gasteiger partial charge in [0, 0.05) is 24.4 Å². The average Bonchev–Trinajstić information content (AvgIpc) is 3.31. The van der Waals surface area contributed by atoms with Gasteiger partial charge in [-0.25, -0.2) is 0 Å². The Morgan fingerprint density at radius 3 is 2.48 bits per heavy atom. The maximum atomic E-state index is 11.6. The molecule has 106 valence electrons. The number of nitrogens with zero attached hydrogens (tertiary/aromatic N) is 2. The highest BCUT2D eigenvalue weighted by Gasteiger charge is 2.22. The molecule has 1 amide bonds. The Balaban J connectivity index is 1.81. The van der Waals surface area contributed by atoms with E-state index in [4.69, 9.17) is 10.5 Å². The largest absolute Gasteiger partial charge is 0.360 e. The number of allylic oxidation sites excluding steroid dienone is 1. The number of hydrogen-bond acceptors (Lipinski definition) is 4. The zero-order valence-corrected chi connectivity index (χ0v) is 11.6. The smallest absolute Gasteiger partial charge is 0.220 e. The molecular formula is C16H16N4O. The van der Waals surface area contributed by atoms with E-state index < -0.39 is 0 Å². The van der Waals surface area contributed by atoms with Crippen LogP contribution in [0, 0.1) is 22.7 Å². The van der Waals surface area contributed by atoms with E-state index >= 15 is 0 Å². The molecule has 0 aliphatic heterocycles. The van der Waals surface area contributed by atoms with Gasteiger partial charge in [0.25, 0.3) is 0 Å². The minimum atomic E-state index is 0.0239. The molecule has 0 atom stereocenters. The molecule has 1 aliphatic rings. The van der Waals surface area contributed by atoms with Crippen LogP contribution in [0.1, 0.15) is 24.8 Å². The highest BCUT2D eigenvalue weighted by Crippen LogP contribution is 2.19. The zero-order chi connectivity index (χ0) is 15.1. The highest BCUT2D eigenvalue weighted by atomic mass is 16.1. The van der Waals surface area contributed by atoms with E-state index in [0.29, 0.717) is 18.9 Å². The summed E-state index contributed by atoms with van der Waals surface area (Å²) in [7, 11) is 0. The Kier molecular flexibility index (Phi) is 4.95. The maximum absolute atomic E-state index is 11.6. The third kappa shape index (κ3) is 5.00. The van der Waals surface area contributed by atoms with E-state index in [1.807, 2.05) is 24.3 Å². The maximum Gasteiger partial charge on any atom is 0.220 e. The lowest BCUT2D eigenvalue weighted by atomic mass is 10.1. The molecule has 0 radical (unpaired) electrons. The number of nitrogens with one attached hydrogen (secondary N) is 2. The fourth-order valence-electron chi connectivity index (χ4n) is 1.80. The molecule has 5 heteroatoms. The van der Waals surface area contributed by atoms with Crippen molar-refractivity contribution >= 4 is 11.6 Å². The lowest BCUT2D eigenvalue weighted by molar-refractivity contribution is -0.121. The molecule has 1 fully saturated rings. The van der Waals surface area contributed by atoms with Crippen LogP contribution in [0.15, 0.2) is 36.0 Å². The van der Waals surface area contributed by atoms with Gasteiger partial charge in [-0.3, -0.25) is 4.79 Å². The van der Waals surface area contributed by atoms with Gasteiger partial charge in [-0.15, -0.1) is 0 Å². The lowest BCUT2D eigenvalue weighted by Gasteiger charge is -2.05. The number of hydrogen-bond donors (Lipinski definition) is 2. The first kappa shape index (κ1) is 14.6. The third-order valence-corrected chi connectivity index (χ3v) is 3.16. The van der Waals surface area contributed by atoms with Crippen LogP contribution in [0.5, 0.6) is 0 Å². The highest BCUT2D eigenvalue weighted by molar-refractivity contribution is 5.76. The van der Waals surface area contributed by atoms with Gasteiger partial charge in [0.15, 0.2) is 0 Å². The summed E-state index contributed by atoms with van der Waals surface area (Å²) in [6.45, 7) is 0. The van der Waals surface area contributed by atoms with E-state index in [-0.39, 0.29) is 11.5 Å². The van der Waals surface area contributed by atoms with Gasteiger partial charge >= 0.3 is 0 Å². The van der Waals surface area contributed by atoms with E-state index in [2.05, 4.69) is 10.6 Å². The Morgan fingerprint density at radius 1 is 1.24 bits per heavy atom. The van der Waals surface area contributed by atoms with Gasteiger partial charge in [-0.1, -0.05) is 12.1 Å². The SMILES string of the molecule is N#CC(C#N)=CNc1ccc(CCC(=O)NC2CC2)cc1. The number of carbonyl (C=O) groups excluding carboxylic acids is 1. The molecular weight excluding hydrogens is 264 g/mol. The van der Waals surface area contributed by atoms with E-state index in [9.17, 15) is 4.79 Å². The third-order valence-electron chi connectivity index (χ3n) is 3.16. The number of aryl methyl sites for hydroxylation is 1. The quantitative estimate of drug-likeness (QED) is 0.782. The second kappa shape index (κ2) is 7.12. The molecule has 2 N–H and O–H groups in total. The second-order valence-electron chi connectivity index (χ2n) is 4.96. The number of benzene rings is 1. The van der Waals surface area contributed by atoms with E-state index in [1.54, 1.807) is 12.1 Å². The number of carbonyl (C=O) groups is 1. The fourth-order valence-corrected chi connectivity index (χ4v) is 1.80. The van der Waals surface area contributed by atoms with Crippen molar-refractivity contribution in [1.29, 1.82) is 10.5 Å². The summed E-state index contributed by atoms with van der Waals surface area (Å²) in [5, 5.41) is 23.1. The van der Waals surface area contributed by atoms with Crippen molar-refractivity contribution in [1.82, 2.24) is 5.32 Å². The molecule has 0 aromatic heterocycles. The average molecular weight is 280 g/mol. The molecule has 0 bridgehead atoms.